The monoisotopic (exact) mass is 308 g/mol. The van der Waals surface area contributed by atoms with Crippen molar-refractivity contribution >= 4 is 22.5 Å². The number of carbonyl (C=O) groups is 1. The van der Waals surface area contributed by atoms with Gasteiger partial charge in [-0.3, -0.25) is 4.79 Å². The van der Waals surface area contributed by atoms with Crippen molar-refractivity contribution in [1.82, 2.24) is 0 Å². The van der Waals surface area contributed by atoms with Gasteiger partial charge in [0, 0.05) is 11.1 Å². The van der Waals surface area contributed by atoms with E-state index in [-0.39, 0.29) is 5.78 Å². The molecule has 0 spiro atoms. The Balaban J connectivity index is 1.98. The molecule has 0 unspecified atom stereocenters. The van der Waals surface area contributed by atoms with Gasteiger partial charge in [-0.1, -0.05) is 91.0 Å². The Labute approximate surface area is 141 Å². The van der Waals surface area contributed by atoms with Gasteiger partial charge < -0.3 is 0 Å². The van der Waals surface area contributed by atoms with Crippen LogP contribution in [0.5, 0.6) is 0 Å². The number of allylic oxidation sites excluding steroid dienone is 4. The standard InChI is InChI=1S/C23H16O/c24-21-16-20(17-10-4-1-5-11-17)22(18-12-6-2-7-13-18)23(21)19-14-8-3-9-15-19/h1-16H. The van der Waals surface area contributed by atoms with Gasteiger partial charge in [-0.25, -0.2) is 0 Å². The fraction of sp³-hybridized carbons (Fsp3) is 0. The van der Waals surface area contributed by atoms with Gasteiger partial charge in [-0.2, -0.15) is 0 Å². The Morgan fingerprint density at radius 1 is 0.458 bits per heavy atom. The van der Waals surface area contributed by atoms with E-state index in [0.29, 0.717) is 0 Å². The molecule has 4 rings (SSSR count). The van der Waals surface area contributed by atoms with Gasteiger partial charge in [0.15, 0.2) is 5.78 Å². The Bertz CT molecular complexity index is 933. The summed E-state index contributed by atoms with van der Waals surface area (Å²) in [7, 11) is 0. The summed E-state index contributed by atoms with van der Waals surface area (Å²) < 4.78 is 0. The lowest BCUT2D eigenvalue weighted by Gasteiger charge is -2.12. The predicted molar refractivity (Wildman–Crippen MR) is 99.1 cm³/mol. The number of ketones is 1. The molecule has 24 heavy (non-hydrogen) atoms. The van der Waals surface area contributed by atoms with Gasteiger partial charge in [0.05, 0.1) is 0 Å². The first-order chi connectivity index (χ1) is 11.8. The van der Waals surface area contributed by atoms with Crippen molar-refractivity contribution < 1.29 is 4.79 Å². The molecule has 1 aliphatic carbocycles. The summed E-state index contributed by atoms with van der Waals surface area (Å²) >= 11 is 0. The summed E-state index contributed by atoms with van der Waals surface area (Å²) in [5, 5.41) is 0. The van der Waals surface area contributed by atoms with Crippen LogP contribution in [-0.4, -0.2) is 5.78 Å². The smallest absolute Gasteiger partial charge is 0.187 e. The molecule has 0 bridgehead atoms. The van der Waals surface area contributed by atoms with Gasteiger partial charge in [0.25, 0.3) is 0 Å². The number of hydrogen-bond donors (Lipinski definition) is 0. The molecular weight excluding hydrogens is 292 g/mol. The molecule has 0 aliphatic heterocycles. The summed E-state index contributed by atoms with van der Waals surface area (Å²) in [6, 6.07) is 30.2. The normalized spacial score (nSPS) is 14.0. The molecule has 0 radical (unpaired) electrons. The quantitative estimate of drug-likeness (QED) is 0.644. The molecule has 0 aromatic heterocycles. The highest BCUT2D eigenvalue weighted by molar-refractivity contribution is 6.45. The van der Waals surface area contributed by atoms with E-state index in [1.54, 1.807) is 6.08 Å². The van der Waals surface area contributed by atoms with Crippen LogP contribution in [0.4, 0.5) is 0 Å². The minimum absolute atomic E-state index is 0.0684. The van der Waals surface area contributed by atoms with Crippen molar-refractivity contribution in [2.45, 2.75) is 0 Å². The van der Waals surface area contributed by atoms with Crippen LogP contribution in [0.2, 0.25) is 0 Å². The lowest BCUT2D eigenvalue weighted by Crippen LogP contribution is -1.96. The van der Waals surface area contributed by atoms with Crippen LogP contribution in [0.1, 0.15) is 16.7 Å². The van der Waals surface area contributed by atoms with Crippen molar-refractivity contribution in [3.63, 3.8) is 0 Å². The molecule has 3 aromatic carbocycles. The Kier molecular flexibility index (Phi) is 3.68. The molecule has 0 saturated heterocycles. The molecular formula is C23H16O. The summed E-state index contributed by atoms with van der Waals surface area (Å²) in [5.74, 6) is 0.0684. The molecule has 0 saturated carbocycles. The highest BCUT2D eigenvalue weighted by atomic mass is 16.1. The van der Waals surface area contributed by atoms with Gasteiger partial charge in [0.2, 0.25) is 0 Å². The SMILES string of the molecule is O=C1C=C(c2ccccc2)C(c2ccccc2)=C1c1ccccc1. The summed E-state index contributed by atoms with van der Waals surface area (Å²) in [4.78, 5) is 12.8. The zero-order valence-electron chi connectivity index (χ0n) is 13.1. The second-order valence-corrected chi connectivity index (χ2v) is 5.77. The maximum Gasteiger partial charge on any atom is 0.187 e. The van der Waals surface area contributed by atoms with E-state index in [1.165, 1.54) is 0 Å². The van der Waals surface area contributed by atoms with Crippen LogP contribution in [0.15, 0.2) is 97.1 Å². The van der Waals surface area contributed by atoms with Crippen LogP contribution < -0.4 is 0 Å². The van der Waals surface area contributed by atoms with Gasteiger partial charge in [0.1, 0.15) is 0 Å². The molecule has 0 N–H and O–H groups in total. The van der Waals surface area contributed by atoms with Crippen LogP contribution in [0.25, 0.3) is 16.7 Å². The topological polar surface area (TPSA) is 17.1 Å². The number of carbonyl (C=O) groups excluding carboxylic acids is 1. The third-order valence-corrected chi connectivity index (χ3v) is 4.25. The van der Waals surface area contributed by atoms with Gasteiger partial charge >= 0.3 is 0 Å². The van der Waals surface area contributed by atoms with E-state index in [2.05, 4.69) is 24.3 Å². The largest absolute Gasteiger partial charge is 0.289 e. The summed E-state index contributed by atoms with van der Waals surface area (Å²) in [6.07, 6.45) is 1.76. The van der Waals surface area contributed by atoms with Crippen LogP contribution in [-0.2, 0) is 4.79 Å². The van der Waals surface area contributed by atoms with E-state index in [9.17, 15) is 4.79 Å². The molecule has 3 aromatic rings. The second kappa shape index (κ2) is 6.13. The van der Waals surface area contributed by atoms with Crippen molar-refractivity contribution in [2.75, 3.05) is 0 Å². The van der Waals surface area contributed by atoms with Crippen LogP contribution in [0.3, 0.4) is 0 Å². The molecule has 114 valence electrons. The molecule has 1 heteroatoms. The summed E-state index contributed by atoms with van der Waals surface area (Å²) in [5.41, 5.74) is 5.88. The number of rotatable bonds is 3. The fourth-order valence-electron chi connectivity index (χ4n) is 3.17. The number of benzene rings is 3. The van der Waals surface area contributed by atoms with E-state index in [1.807, 2.05) is 66.7 Å². The second-order valence-electron chi connectivity index (χ2n) is 5.77. The van der Waals surface area contributed by atoms with Crippen LogP contribution >= 0.6 is 0 Å². The molecule has 1 nitrogen and oxygen atoms in total. The zero-order chi connectivity index (χ0) is 16.4. The molecule has 0 amide bonds. The third-order valence-electron chi connectivity index (χ3n) is 4.25. The molecule has 0 atom stereocenters. The third kappa shape index (κ3) is 2.50. The van der Waals surface area contributed by atoms with Crippen molar-refractivity contribution in [2.24, 2.45) is 0 Å². The molecule has 1 aliphatic rings. The van der Waals surface area contributed by atoms with Crippen molar-refractivity contribution in [3.8, 4) is 0 Å². The number of hydrogen-bond acceptors (Lipinski definition) is 1. The van der Waals surface area contributed by atoms with E-state index >= 15 is 0 Å². The van der Waals surface area contributed by atoms with Gasteiger partial charge in [-0.15, -0.1) is 0 Å². The maximum absolute atomic E-state index is 12.8. The van der Waals surface area contributed by atoms with E-state index in [0.717, 1.165) is 33.4 Å². The summed E-state index contributed by atoms with van der Waals surface area (Å²) in [6.45, 7) is 0. The average Bonchev–Trinajstić information content (AvgIpc) is 3.01. The van der Waals surface area contributed by atoms with Crippen LogP contribution in [0, 0.1) is 0 Å². The fourth-order valence-corrected chi connectivity index (χ4v) is 3.17. The Morgan fingerprint density at radius 2 is 0.875 bits per heavy atom. The predicted octanol–water partition coefficient (Wildman–Crippen LogP) is 5.26. The molecule has 0 fully saturated rings. The first-order valence-electron chi connectivity index (χ1n) is 8.01. The maximum atomic E-state index is 12.8. The minimum Gasteiger partial charge on any atom is -0.289 e. The van der Waals surface area contributed by atoms with Gasteiger partial charge in [-0.05, 0) is 28.3 Å². The minimum atomic E-state index is 0.0684. The Hall–Kier alpha value is -3.19. The first kappa shape index (κ1) is 14.4. The highest BCUT2D eigenvalue weighted by Gasteiger charge is 2.27. The van der Waals surface area contributed by atoms with Crippen molar-refractivity contribution in [1.29, 1.82) is 0 Å². The first-order valence-corrected chi connectivity index (χ1v) is 8.01. The zero-order valence-corrected chi connectivity index (χ0v) is 13.1. The van der Waals surface area contributed by atoms with E-state index < -0.39 is 0 Å². The molecule has 0 heterocycles. The highest BCUT2D eigenvalue weighted by Crippen LogP contribution is 2.42. The van der Waals surface area contributed by atoms with E-state index in [4.69, 9.17) is 0 Å². The Morgan fingerprint density at radius 3 is 1.38 bits per heavy atom. The average molecular weight is 308 g/mol. The van der Waals surface area contributed by atoms with Crippen molar-refractivity contribution in [3.05, 3.63) is 114 Å². The lowest BCUT2D eigenvalue weighted by atomic mass is 9.90. The lowest BCUT2D eigenvalue weighted by molar-refractivity contribution is -0.109.